The van der Waals surface area contributed by atoms with Crippen LogP contribution >= 0.6 is 0 Å². The number of nitrogens with zero attached hydrogens (tertiary/aromatic N) is 2. The van der Waals surface area contributed by atoms with Gasteiger partial charge in [-0.3, -0.25) is 0 Å². The highest BCUT2D eigenvalue weighted by Crippen LogP contribution is 1.95. The lowest BCUT2D eigenvalue weighted by molar-refractivity contribution is 0.0688. The quantitative estimate of drug-likeness (QED) is 0.620. The molecule has 0 fully saturated rings. The van der Waals surface area contributed by atoms with Crippen LogP contribution in [0.2, 0.25) is 0 Å². The fraction of sp³-hybridized carbons (Fsp3) is 0.750. The van der Waals surface area contributed by atoms with Crippen LogP contribution in [0.5, 0.6) is 0 Å². The molecule has 0 atom stereocenters. The molecule has 0 radical (unpaired) electrons. The van der Waals surface area contributed by atoms with E-state index in [-0.39, 0.29) is 0 Å². The Morgan fingerprint density at radius 3 is 2.88 bits per heavy atom. The summed E-state index contributed by atoms with van der Waals surface area (Å²) in [5.74, 6) is 0. The first-order chi connectivity index (χ1) is 8.34. The molecule has 17 heavy (non-hydrogen) atoms. The highest BCUT2D eigenvalue weighted by atomic mass is 16.5. The minimum absolute atomic E-state index is 0.679. The Bertz CT molecular complexity index is 289. The Kier molecular flexibility index (Phi) is 7.62. The van der Waals surface area contributed by atoms with Crippen LogP contribution in [0.4, 0.5) is 0 Å². The zero-order valence-corrected chi connectivity index (χ0v) is 10.8. The van der Waals surface area contributed by atoms with Crippen LogP contribution in [0.3, 0.4) is 0 Å². The second-order valence-electron chi connectivity index (χ2n) is 3.98. The smallest absolute Gasteiger partial charge is 0.0945 e. The van der Waals surface area contributed by atoms with Gasteiger partial charge in [0.25, 0.3) is 0 Å². The minimum Gasteiger partial charge on any atom is -0.382 e. The van der Waals surface area contributed by atoms with E-state index in [1.807, 2.05) is 24.1 Å². The van der Waals surface area contributed by atoms with Gasteiger partial charge in [0, 0.05) is 33.5 Å². The molecule has 0 spiro atoms. The summed E-state index contributed by atoms with van der Waals surface area (Å²) >= 11 is 0. The summed E-state index contributed by atoms with van der Waals surface area (Å²) in [6, 6.07) is 0. The zero-order chi connectivity index (χ0) is 12.3. The standard InChI is InChI=1S/C12H23N3O2/c1-15-11-14-10-12(15)9-13-5-3-4-6-17-8-7-16-2/h10-11,13H,3-9H2,1-2H3. The average Bonchev–Trinajstić information content (AvgIpc) is 2.73. The van der Waals surface area contributed by atoms with Crippen molar-refractivity contribution in [2.24, 2.45) is 7.05 Å². The van der Waals surface area contributed by atoms with Gasteiger partial charge in [0.1, 0.15) is 0 Å². The number of hydrogen-bond donors (Lipinski definition) is 1. The maximum absolute atomic E-state index is 5.38. The predicted molar refractivity (Wildman–Crippen MR) is 66.8 cm³/mol. The van der Waals surface area contributed by atoms with Crippen molar-refractivity contribution in [2.45, 2.75) is 19.4 Å². The van der Waals surface area contributed by atoms with Crippen LogP contribution in [-0.4, -0.2) is 43.0 Å². The van der Waals surface area contributed by atoms with Crippen LogP contribution in [0, 0.1) is 0 Å². The third-order valence-corrected chi connectivity index (χ3v) is 2.55. The van der Waals surface area contributed by atoms with Gasteiger partial charge in [0.2, 0.25) is 0 Å². The predicted octanol–water partition coefficient (Wildman–Crippen LogP) is 0.953. The first-order valence-corrected chi connectivity index (χ1v) is 6.07. The van der Waals surface area contributed by atoms with Crippen LogP contribution in [0.25, 0.3) is 0 Å². The molecule has 0 aromatic carbocycles. The van der Waals surface area contributed by atoms with Crippen molar-refractivity contribution in [3.05, 3.63) is 18.2 Å². The molecule has 98 valence electrons. The molecule has 1 N–H and O–H groups in total. The van der Waals surface area contributed by atoms with E-state index in [1.54, 1.807) is 7.11 Å². The van der Waals surface area contributed by atoms with Gasteiger partial charge in [-0.2, -0.15) is 0 Å². The molecule has 5 nitrogen and oxygen atoms in total. The molecule has 1 aromatic heterocycles. The summed E-state index contributed by atoms with van der Waals surface area (Å²) in [5.41, 5.74) is 1.21. The lowest BCUT2D eigenvalue weighted by Crippen LogP contribution is -2.17. The number of aryl methyl sites for hydroxylation is 1. The highest BCUT2D eigenvalue weighted by Gasteiger charge is 1.96. The minimum atomic E-state index is 0.679. The van der Waals surface area contributed by atoms with Gasteiger partial charge in [0.15, 0.2) is 0 Å². The monoisotopic (exact) mass is 241 g/mol. The molecule has 1 aromatic rings. The van der Waals surface area contributed by atoms with E-state index in [1.165, 1.54) is 5.69 Å². The fourth-order valence-electron chi connectivity index (χ4n) is 1.47. The van der Waals surface area contributed by atoms with Gasteiger partial charge in [-0.1, -0.05) is 0 Å². The average molecular weight is 241 g/mol. The van der Waals surface area contributed by atoms with Crippen molar-refractivity contribution in [3.63, 3.8) is 0 Å². The van der Waals surface area contributed by atoms with Crippen molar-refractivity contribution in [3.8, 4) is 0 Å². The second-order valence-corrected chi connectivity index (χ2v) is 3.98. The Morgan fingerprint density at radius 2 is 2.18 bits per heavy atom. The van der Waals surface area contributed by atoms with E-state index in [0.717, 1.165) is 32.5 Å². The molecule has 0 unspecified atom stereocenters. The SMILES string of the molecule is COCCOCCCCNCc1cncn1C. The maximum Gasteiger partial charge on any atom is 0.0945 e. The van der Waals surface area contributed by atoms with Gasteiger partial charge < -0.3 is 19.4 Å². The van der Waals surface area contributed by atoms with Gasteiger partial charge >= 0.3 is 0 Å². The van der Waals surface area contributed by atoms with Crippen LogP contribution in [-0.2, 0) is 23.1 Å². The first kappa shape index (κ1) is 14.2. The number of imidazole rings is 1. The van der Waals surface area contributed by atoms with Crippen molar-refractivity contribution < 1.29 is 9.47 Å². The van der Waals surface area contributed by atoms with Gasteiger partial charge in [-0.25, -0.2) is 4.98 Å². The summed E-state index contributed by atoms with van der Waals surface area (Å²) < 4.78 is 12.3. The molecule has 0 aliphatic rings. The van der Waals surface area contributed by atoms with Gasteiger partial charge in [-0.15, -0.1) is 0 Å². The number of methoxy groups -OCH3 is 1. The van der Waals surface area contributed by atoms with Crippen LogP contribution in [0.1, 0.15) is 18.5 Å². The summed E-state index contributed by atoms with van der Waals surface area (Å²) in [6.45, 7) is 4.08. The molecule has 1 rings (SSSR count). The summed E-state index contributed by atoms with van der Waals surface area (Å²) in [7, 11) is 3.69. The normalized spacial score (nSPS) is 10.9. The number of ether oxygens (including phenoxy) is 2. The molecule has 0 amide bonds. The Hall–Kier alpha value is -0.910. The molecule has 0 bridgehead atoms. The number of unbranched alkanes of at least 4 members (excludes halogenated alkanes) is 1. The van der Waals surface area contributed by atoms with Crippen LogP contribution in [0.15, 0.2) is 12.5 Å². The van der Waals surface area contributed by atoms with Crippen molar-refractivity contribution in [1.29, 1.82) is 0 Å². The number of nitrogens with one attached hydrogen (secondary N) is 1. The molecule has 5 heteroatoms. The number of rotatable bonds is 10. The molecular weight excluding hydrogens is 218 g/mol. The molecule has 0 saturated heterocycles. The molecule has 0 aliphatic carbocycles. The first-order valence-electron chi connectivity index (χ1n) is 6.07. The molecular formula is C12H23N3O2. The van der Waals surface area contributed by atoms with Crippen LogP contribution < -0.4 is 5.32 Å². The summed E-state index contributed by atoms with van der Waals surface area (Å²) in [6.07, 6.45) is 5.93. The Labute approximate surface area is 103 Å². The maximum atomic E-state index is 5.38. The second kappa shape index (κ2) is 9.15. The molecule has 0 saturated carbocycles. The third-order valence-electron chi connectivity index (χ3n) is 2.55. The fourth-order valence-corrected chi connectivity index (χ4v) is 1.47. The lowest BCUT2D eigenvalue weighted by atomic mass is 10.3. The Balaban J connectivity index is 1.86. The topological polar surface area (TPSA) is 48.3 Å². The summed E-state index contributed by atoms with van der Waals surface area (Å²) in [5, 5.41) is 3.39. The zero-order valence-electron chi connectivity index (χ0n) is 10.8. The number of hydrogen-bond acceptors (Lipinski definition) is 4. The Morgan fingerprint density at radius 1 is 1.29 bits per heavy atom. The lowest BCUT2D eigenvalue weighted by Gasteiger charge is -2.06. The van der Waals surface area contributed by atoms with E-state index in [9.17, 15) is 0 Å². The largest absolute Gasteiger partial charge is 0.382 e. The van der Waals surface area contributed by atoms with E-state index < -0.39 is 0 Å². The third kappa shape index (κ3) is 6.41. The van der Waals surface area contributed by atoms with Crippen molar-refractivity contribution in [1.82, 2.24) is 14.9 Å². The van der Waals surface area contributed by atoms with Crippen molar-refractivity contribution >= 4 is 0 Å². The highest BCUT2D eigenvalue weighted by molar-refractivity contribution is 4.96. The molecule has 1 heterocycles. The summed E-state index contributed by atoms with van der Waals surface area (Å²) in [4.78, 5) is 4.07. The number of aromatic nitrogens is 2. The van der Waals surface area contributed by atoms with E-state index in [2.05, 4.69) is 10.3 Å². The van der Waals surface area contributed by atoms with E-state index in [4.69, 9.17) is 9.47 Å². The molecule has 0 aliphatic heterocycles. The van der Waals surface area contributed by atoms with E-state index in [0.29, 0.717) is 13.2 Å². The van der Waals surface area contributed by atoms with E-state index >= 15 is 0 Å². The van der Waals surface area contributed by atoms with Gasteiger partial charge in [-0.05, 0) is 19.4 Å². The van der Waals surface area contributed by atoms with Crippen molar-refractivity contribution in [2.75, 3.05) is 33.5 Å². The van der Waals surface area contributed by atoms with Gasteiger partial charge in [0.05, 0.1) is 25.2 Å².